The molecule has 3 aromatic rings. The second-order valence-electron chi connectivity index (χ2n) is 5.22. The third kappa shape index (κ3) is 3.35. The fraction of sp³-hybridized carbons (Fsp3) is 0.188. The lowest BCUT2D eigenvalue weighted by Gasteiger charge is -2.12. The maximum atomic E-state index is 14.2. The van der Waals surface area contributed by atoms with Gasteiger partial charge in [0.1, 0.15) is 6.17 Å². The summed E-state index contributed by atoms with van der Waals surface area (Å²) in [7, 11) is 0. The van der Waals surface area contributed by atoms with E-state index in [2.05, 4.69) is 37.2 Å². The Morgan fingerprint density at radius 3 is 2.13 bits per heavy atom. The Hall–Kier alpha value is -1.60. The first kappa shape index (κ1) is 16.3. The van der Waals surface area contributed by atoms with Crippen molar-refractivity contribution in [3.63, 3.8) is 0 Å². The highest BCUT2D eigenvalue weighted by molar-refractivity contribution is 9.10. The van der Waals surface area contributed by atoms with Crippen molar-refractivity contribution in [1.29, 1.82) is 0 Å². The largest absolute Gasteiger partial charge is 0.465 e. The number of aromatic nitrogens is 1. The molecular weight excluding hydrogens is 431 g/mol. The molecule has 0 aliphatic carbocycles. The minimum Gasteiger partial charge on any atom is -0.465 e. The number of rotatable bonds is 4. The molecule has 0 saturated carbocycles. The van der Waals surface area contributed by atoms with Gasteiger partial charge in [0.2, 0.25) is 0 Å². The summed E-state index contributed by atoms with van der Waals surface area (Å²) < 4.78 is 18.0. The van der Waals surface area contributed by atoms with E-state index in [0.717, 1.165) is 30.8 Å². The summed E-state index contributed by atoms with van der Waals surface area (Å²) in [5.74, 6) is 0. The first-order chi connectivity index (χ1) is 11.0. The number of hydrogen-bond acceptors (Lipinski definition) is 1. The number of nitrogens with one attached hydrogen (secondary N) is 1. The maximum Gasteiger partial charge on any atom is 0.404 e. The third-order valence-corrected chi connectivity index (χ3v) is 4.63. The Morgan fingerprint density at radius 1 is 1.13 bits per heavy atom. The fourth-order valence-electron chi connectivity index (χ4n) is 2.71. The Labute approximate surface area is 148 Å². The second kappa shape index (κ2) is 6.49. The van der Waals surface area contributed by atoms with E-state index in [1.807, 2.05) is 41.0 Å². The zero-order chi connectivity index (χ0) is 16.6. The Balaban J connectivity index is 2.08. The van der Waals surface area contributed by atoms with Gasteiger partial charge in [-0.2, -0.15) is 0 Å². The SMILES string of the molecule is O=C(O)NCC(F)Cn1c2ccc(Br)cc2c2cc(Br)ccc21. The van der Waals surface area contributed by atoms with E-state index in [0.29, 0.717) is 0 Å². The number of benzene rings is 2. The van der Waals surface area contributed by atoms with Crippen molar-refractivity contribution in [2.24, 2.45) is 0 Å². The van der Waals surface area contributed by atoms with E-state index in [1.54, 1.807) is 0 Å². The lowest BCUT2D eigenvalue weighted by molar-refractivity contribution is 0.187. The molecule has 1 unspecified atom stereocenters. The molecule has 0 spiro atoms. The first-order valence-electron chi connectivity index (χ1n) is 6.93. The van der Waals surface area contributed by atoms with Crippen LogP contribution in [0.25, 0.3) is 21.8 Å². The highest BCUT2D eigenvalue weighted by Gasteiger charge is 2.16. The van der Waals surface area contributed by atoms with Crippen LogP contribution in [-0.4, -0.2) is 28.5 Å². The number of carbonyl (C=O) groups is 1. The summed E-state index contributed by atoms with van der Waals surface area (Å²) >= 11 is 6.93. The van der Waals surface area contributed by atoms with Gasteiger partial charge in [0.25, 0.3) is 0 Å². The zero-order valence-electron chi connectivity index (χ0n) is 11.9. The average molecular weight is 444 g/mol. The van der Waals surface area contributed by atoms with Crippen molar-refractivity contribution >= 4 is 59.8 Å². The molecule has 23 heavy (non-hydrogen) atoms. The van der Waals surface area contributed by atoms with E-state index in [1.165, 1.54) is 0 Å². The molecule has 4 nitrogen and oxygen atoms in total. The van der Waals surface area contributed by atoms with Crippen LogP contribution in [0.15, 0.2) is 45.3 Å². The number of nitrogens with zero attached hydrogens (tertiary/aromatic N) is 1. The smallest absolute Gasteiger partial charge is 0.404 e. The number of alkyl halides is 1. The molecule has 1 amide bonds. The molecule has 0 bridgehead atoms. The summed E-state index contributed by atoms with van der Waals surface area (Å²) in [6.07, 6.45) is -2.53. The van der Waals surface area contributed by atoms with Gasteiger partial charge >= 0.3 is 6.09 Å². The average Bonchev–Trinajstić information content (AvgIpc) is 2.78. The third-order valence-electron chi connectivity index (χ3n) is 3.64. The number of fused-ring (bicyclic) bond motifs is 3. The minimum absolute atomic E-state index is 0.0868. The lowest BCUT2D eigenvalue weighted by Crippen LogP contribution is -2.30. The Morgan fingerprint density at radius 2 is 1.65 bits per heavy atom. The number of hydrogen-bond donors (Lipinski definition) is 2. The van der Waals surface area contributed by atoms with Gasteiger partial charge in [-0.25, -0.2) is 9.18 Å². The van der Waals surface area contributed by atoms with Crippen LogP contribution in [0.5, 0.6) is 0 Å². The maximum absolute atomic E-state index is 14.2. The fourth-order valence-corrected chi connectivity index (χ4v) is 3.43. The van der Waals surface area contributed by atoms with Crippen molar-refractivity contribution in [1.82, 2.24) is 9.88 Å². The van der Waals surface area contributed by atoms with E-state index >= 15 is 0 Å². The van der Waals surface area contributed by atoms with Gasteiger partial charge in [-0.05, 0) is 36.4 Å². The van der Waals surface area contributed by atoms with Gasteiger partial charge in [-0.15, -0.1) is 0 Å². The van der Waals surface area contributed by atoms with E-state index in [9.17, 15) is 9.18 Å². The van der Waals surface area contributed by atoms with Crippen molar-refractivity contribution in [3.8, 4) is 0 Å². The van der Waals surface area contributed by atoms with Gasteiger partial charge in [0, 0.05) is 30.8 Å². The molecule has 1 atom stereocenters. The molecule has 0 aliphatic heterocycles. The quantitative estimate of drug-likeness (QED) is 0.600. The molecule has 120 valence electrons. The summed E-state index contributed by atoms with van der Waals surface area (Å²) in [5.41, 5.74) is 1.83. The molecule has 0 radical (unpaired) electrons. The van der Waals surface area contributed by atoms with Gasteiger partial charge < -0.3 is 15.0 Å². The monoisotopic (exact) mass is 442 g/mol. The van der Waals surface area contributed by atoms with Gasteiger partial charge in [0.05, 0.1) is 13.1 Å². The standard InChI is InChI=1S/C16H13Br2FN2O2/c17-9-1-3-14-12(5-9)13-6-10(18)2-4-15(13)21(14)8-11(19)7-20-16(22)23/h1-6,11,20H,7-8H2,(H,22,23). The molecule has 3 rings (SSSR count). The van der Waals surface area contributed by atoms with Gasteiger partial charge in [0.15, 0.2) is 0 Å². The van der Waals surface area contributed by atoms with Crippen LogP contribution in [0.2, 0.25) is 0 Å². The number of carboxylic acid groups (broad SMARTS) is 1. The molecule has 7 heteroatoms. The Kier molecular flexibility index (Phi) is 4.59. The topological polar surface area (TPSA) is 54.3 Å². The van der Waals surface area contributed by atoms with Crippen LogP contribution in [0.1, 0.15) is 0 Å². The van der Waals surface area contributed by atoms with Crippen molar-refractivity contribution in [3.05, 3.63) is 45.3 Å². The molecule has 0 fully saturated rings. The molecule has 1 aromatic heterocycles. The molecule has 0 aliphatic rings. The summed E-state index contributed by atoms with van der Waals surface area (Å²) in [5, 5.41) is 12.7. The molecule has 2 aromatic carbocycles. The van der Waals surface area contributed by atoms with Crippen LogP contribution in [-0.2, 0) is 6.54 Å². The lowest BCUT2D eigenvalue weighted by atomic mass is 10.2. The van der Waals surface area contributed by atoms with Crippen LogP contribution < -0.4 is 5.32 Å². The van der Waals surface area contributed by atoms with Crippen molar-refractivity contribution in [2.75, 3.05) is 6.54 Å². The zero-order valence-corrected chi connectivity index (χ0v) is 15.1. The molecule has 0 saturated heterocycles. The number of halogens is 3. The van der Waals surface area contributed by atoms with Crippen molar-refractivity contribution in [2.45, 2.75) is 12.7 Å². The van der Waals surface area contributed by atoms with Crippen LogP contribution in [0.3, 0.4) is 0 Å². The van der Waals surface area contributed by atoms with E-state index < -0.39 is 12.3 Å². The minimum atomic E-state index is -1.31. The predicted octanol–water partition coefficient (Wildman–Crippen LogP) is 4.93. The first-order valence-corrected chi connectivity index (χ1v) is 8.52. The summed E-state index contributed by atoms with van der Waals surface area (Å²) in [4.78, 5) is 10.5. The number of amides is 1. The second-order valence-corrected chi connectivity index (χ2v) is 7.05. The van der Waals surface area contributed by atoms with Gasteiger partial charge in [-0.1, -0.05) is 31.9 Å². The summed E-state index contributed by atoms with van der Waals surface area (Å²) in [6, 6.07) is 11.7. The van der Waals surface area contributed by atoms with E-state index in [-0.39, 0.29) is 13.1 Å². The molecular formula is C16H13Br2FN2O2. The van der Waals surface area contributed by atoms with Crippen LogP contribution in [0.4, 0.5) is 9.18 Å². The highest BCUT2D eigenvalue weighted by Crippen LogP contribution is 2.33. The Bertz CT molecular complexity index is 835. The predicted molar refractivity (Wildman–Crippen MR) is 95.8 cm³/mol. The highest BCUT2D eigenvalue weighted by atomic mass is 79.9. The van der Waals surface area contributed by atoms with Crippen LogP contribution in [0, 0.1) is 0 Å². The molecule has 2 N–H and O–H groups in total. The van der Waals surface area contributed by atoms with Crippen LogP contribution >= 0.6 is 31.9 Å². The normalized spacial score (nSPS) is 12.7. The van der Waals surface area contributed by atoms with Gasteiger partial charge in [-0.3, -0.25) is 0 Å². The van der Waals surface area contributed by atoms with Crippen molar-refractivity contribution < 1.29 is 14.3 Å². The molecule has 1 heterocycles. The van der Waals surface area contributed by atoms with E-state index in [4.69, 9.17) is 5.11 Å². The summed E-state index contributed by atoms with van der Waals surface area (Å²) in [6.45, 7) is -0.146.